The lowest BCUT2D eigenvalue weighted by atomic mass is 9.63. The van der Waals surface area contributed by atoms with E-state index in [9.17, 15) is 0 Å². The Balaban J connectivity index is 0.00000289. The monoisotopic (exact) mass is 477 g/mol. The average molecular weight is 478 g/mol. The standard InChI is InChI=1S/C26H39N3OS.ClH/c1-25(2)11-12-26(3,4)22-15-19(6-8-21(22)25)23-17-31-24(28-23)29-13-9-18(10-14-29)5-7-20(27)16-30;/h6,8,15,17-18,20,30H,5,7,9-14,16,27H2,1-4H3;1H/t20-;/m0./s1. The third kappa shape index (κ3) is 5.32. The molecule has 178 valence electrons. The number of halogens is 1. The fourth-order valence-corrected chi connectivity index (χ4v) is 6.13. The SMILES string of the molecule is CC1(C)CCC(C)(C)c2cc(-c3csc(N4CCC(CC[C@H](N)CO)CC4)n3)ccc21.Cl. The molecule has 0 bridgehead atoms. The number of fused-ring (bicyclic) bond motifs is 1. The predicted octanol–water partition coefficient (Wildman–Crippen LogP) is 5.90. The molecule has 2 aromatic rings. The van der Waals surface area contributed by atoms with E-state index >= 15 is 0 Å². The fourth-order valence-electron chi connectivity index (χ4n) is 5.24. The molecule has 0 radical (unpaired) electrons. The predicted molar refractivity (Wildman–Crippen MR) is 139 cm³/mol. The second-order valence-corrected chi connectivity index (χ2v) is 11.8. The van der Waals surface area contributed by atoms with Crippen LogP contribution in [0.2, 0.25) is 0 Å². The first-order valence-corrected chi connectivity index (χ1v) is 12.8. The Labute approximate surface area is 204 Å². The van der Waals surface area contributed by atoms with Crippen LogP contribution in [0.4, 0.5) is 5.13 Å². The molecule has 6 heteroatoms. The van der Waals surface area contributed by atoms with Crippen LogP contribution in [0.25, 0.3) is 11.3 Å². The van der Waals surface area contributed by atoms with Gasteiger partial charge < -0.3 is 15.7 Å². The highest BCUT2D eigenvalue weighted by molar-refractivity contribution is 7.14. The first-order chi connectivity index (χ1) is 14.7. The van der Waals surface area contributed by atoms with Crippen LogP contribution in [-0.2, 0) is 10.8 Å². The highest BCUT2D eigenvalue weighted by Gasteiger charge is 2.37. The number of aliphatic hydroxyl groups excluding tert-OH is 1. The fraction of sp³-hybridized carbons (Fsp3) is 0.654. The van der Waals surface area contributed by atoms with Gasteiger partial charge in [-0.15, -0.1) is 23.7 Å². The summed E-state index contributed by atoms with van der Waals surface area (Å²) in [5.74, 6) is 0.722. The van der Waals surface area contributed by atoms with Gasteiger partial charge in [-0.3, -0.25) is 0 Å². The Kier molecular flexibility index (Phi) is 7.97. The molecule has 1 aliphatic carbocycles. The van der Waals surface area contributed by atoms with Crippen molar-refractivity contribution in [1.29, 1.82) is 0 Å². The minimum Gasteiger partial charge on any atom is -0.395 e. The molecule has 2 heterocycles. The second-order valence-electron chi connectivity index (χ2n) is 11.0. The maximum atomic E-state index is 9.13. The molecule has 1 aliphatic heterocycles. The van der Waals surface area contributed by atoms with E-state index in [-0.39, 0.29) is 35.9 Å². The smallest absolute Gasteiger partial charge is 0.185 e. The average Bonchev–Trinajstić information content (AvgIpc) is 3.26. The minimum atomic E-state index is -0.0632. The highest BCUT2D eigenvalue weighted by Crippen LogP contribution is 2.47. The van der Waals surface area contributed by atoms with Gasteiger partial charge in [0.1, 0.15) is 0 Å². The molecule has 32 heavy (non-hydrogen) atoms. The summed E-state index contributed by atoms with van der Waals surface area (Å²) >= 11 is 1.77. The molecule has 1 aromatic carbocycles. The van der Waals surface area contributed by atoms with Crippen LogP contribution in [0.5, 0.6) is 0 Å². The topological polar surface area (TPSA) is 62.4 Å². The van der Waals surface area contributed by atoms with Crippen molar-refractivity contribution in [2.75, 3.05) is 24.6 Å². The number of aliphatic hydroxyl groups is 1. The van der Waals surface area contributed by atoms with Crippen LogP contribution in [0.15, 0.2) is 23.6 Å². The van der Waals surface area contributed by atoms with E-state index in [1.54, 1.807) is 11.3 Å². The molecule has 1 saturated heterocycles. The Morgan fingerprint density at radius 3 is 2.44 bits per heavy atom. The molecular formula is C26H40ClN3OS. The van der Waals surface area contributed by atoms with Crippen molar-refractivity contribution in [3.8, 4) is 11.3 Å². The quantitative estimate of drug-likeness (QED) is 0.543. The number of anilines is 1. The van der Waals surface area contributed by atoms with Crippen LogP contribution in [0, 0.1) is 5.92 Å². The third-order valence-corrected chi connectivity index (χ3v) is 8.61. The Bertz CT molecular complexity index is 902. The molecular weight excluding hydrogens is 438 g/mol. The van der Waals surface area contributed by atoms with Crippen LogP contribution >= 0.6 is 23.7 Å². The summed E-state index contributed by atoms with van der Waals surface area (Å²) < 4.78 is 0. The number of hydrogen-bond acceptors (Lipinski definition) is 5. The van der Waals surface area contributed by atoms with E-state index in [2.05, 4.69) is 56.2 Å². The van der Waals surface area contributed by atoms with Gasteiger partial charge in [0.15, 0.2) is 5.13 Å². The summed E-state index contributed by atoms with van der Waals surface area (Å²) in [4.78, 5) is 7.49. The van der Waals surface area contributed by atoms with Crippen LogP contribution in [0.3, 0.4) is 0 Å². The van der Waals surface area contributed by atoms with E-state index in [0.717, 1.165) is 42.7 Å². The Morgan fingerprint density at radius 1 is 1.12 bits per heavy atom. The van der Waals surface area contributed by atoms with Crippen molar-refractivity contribution in [3.63, 3.8) is 0 Å². The molecule has 2 aliphatic rings. The molecule has 0 unspecified atom stereocenters. The van der Waals surface area contributed by atoms with Crippen LogP contribution < -0.4 is 10.6 Å². The number of aromatic nitrogens is 1. The molecule has 3 N–H and O–H groups in total. The number of piperidine rings is 1. The molecule has 0 spiro atoms. The molecule has 1 atom stereocenters. The zero-order chi connectivity index (χ0) is 22.2. The lowest BCUT2D eigenvalue weighted by Crippen LogP contribution is -2.34. The molecule has 4 rings (SSSR count). The largest absolute Gasteiger partial charge is 0.395 e. The van der Waals surface area contributed by atoms with Crippen LogP contribution in [0.1, 0.15) is 77.3 Å². The van der Waals surface area contributed by atoms with Gasteiger partial charge in [0.25, 0.3) is 0 Å². The van der Waals surface area contributed by atoms with E-state index in [1.165, 1.54) is 42.4 Å². The van der Waals surface area contributed by atoms with Gasteiger partial charge in [-0.05, 0) is 72.5 Å². The molecule has 1 aromatic heterocycles. The van der Waals surface area contributed by atoms with Crippen molar-refractivity contribution >= 4 is 28.9 Å². The van der Waals surface area contributed by atoms with E-state index in [4.69, 9.17) is 15.8 Å². The first-order valence-electron chi connectivity index (χ1n) is 11.9. The number of thiazole rings is 1. The van der Waals surface area contributed by atoms with Gasteiger partial charge in [-0.25, -0.2) is 4.98 Å². The minimum absolute atomic E-state index is 0. The van der Waals surface area contributed by atoms with E-state index in [0.29, 0.717) is 0 Å². The highest BCUT2D eigenvalue weighted by atomic mass is 35.5. The van der Waals surface area contributed by atoms with Crippen molar-refractivity contribution in [3.05, 3.63) is 34.7 Å². The van der Waals surface area contributed by atoms with Crippen molar-refractivity contribution in [2.45, 2.75) is 83.1 Å². The Morgan fingerprint density at radius 2 is 1.78 bits per heavy atom. The lowest BCUT2D eigenvalue weighted by molar-refractivity contribution is 0.247. The third-order valence-electron chi connectivity index (χ3n) is 7.71. The lowest BCUT2D eigenvalue weighted by Gasteiger charge is -2.42. The van der Waals surface area contributed by atoms with Gasteiger partial charge in [-0.2, -0.15) is 0 Å². The number of nitrogens with two attached hydrogens (primary N) is 1. The van der Waals surface area contributed by atoms with E-state index in [1.807, 2.05) is 0 Å². The normalized spacial score (nSPS) is 21.0. The second kappa shape index (κ2) is 10.0. The molecule has 0 amide bonds. The summed E-state index contributed by atoms with van der Waals surface area (Å²) in [7, 11) is 0. The van der Waals surface area contributed by atoms with Crippen molar-refractivity contribution in [1.82, 2.24) is 4.98 Å². The van der Waals surface area contributed by atoms with Crippen molar-refractivity contribution < 1.29 is 5.11 Å². The van der Waals surface area contributed by atoms with Gasteiger partial charge in [0, 0.05) is 30.1 Å². The zero-order valence-corrected chi connectivity index (χ0v) is 21.7. The number of rotatable bonds is 6. The number of nitrogens with zero attached hydrogens (tertiary/aromatic N) is 2. The van der Waals surface area contributed by atoms with Gasteiger partial charge in [-0.1, -0.05) is 39.8 Å². The molecule has 4 nitrogen and oxygen atoms in total. The summed E-state index contributed by atoms with van der Waals surface area (Å²) in [6.45, 7) is 11.8. The molecule has 1 fully saturated rings. The summed E-state index contributed by atoms with van der Waals surface area (Å²) in [6.07, 6.45) is 6.91. The van der Waals surface area contributed by atoms with Gasteiger partial charge in [0.05, 0.1) is 12.3 Å². The van der Waals surface area contributed by atoms with E-state index < -0.39 is 0 Å². The molecule has 0 saturated carbocycles. The van der Waals surface area contributed by atoms with Gasteiger partial charge in [0.2, 0.25) is 0 Å². The zero-order valence-electron chi connectivity index (χ0n) is 20.1. The summed E-state index contributed by atoms with van der Waals surface area (Å²) in [5.41, 5.74) is 11.7. The summed E-state index contributed by atoms with van der Waals surface area (Å²) in [6, 6.07) is 6.97. The number of hydrogen-bond donors (Lipinski definition) is 2. The maximum Gasteiger partial charge on any atom is 0.185 e. The Hall–Kier alpha value is -1.14. The summed E-state index contributed by atoms with van der Waals surface area (Å²) in [5, 5.41) is 12.5. The van der Waals surface area contributed by atoms with Crippen molar-refractivity contribution in [2.24, 2.45) is 11.7 Å². The first kappa shape index (κ1) is 25.5. The number of benzene rings is 1. The maximum absolute atomic E-state index is 9.13. The van der Waals surface area contributed by atoms with Gasteiger partial charge >= 0.3 is 0 Å². The van der Waals surface area contributed by atoms with Crippen LogP contribution in [-0.4, -0.2) is 35.8 Å².